The Hall–Kier alpha value is -2.16. The number of hydrogen-bond acceptors (Lipinski definition) is 5. The second-order valence-corrected chi connectivity index (χ2v) is 11.2. The van der Waals surface area contributed by atoms with Crippen LogP contribution in [-0.4, -0.2) is 107 Å². The van der Waals surface area contributed by atoms with Gasteiger partial charge in [-0.15, -0.1) is 0 Å². The predicted molar refractivity (Wildman–Crippen MR) is 132 cm³/mol. The first-order valence-electron chi connectivity index (χ1n) is 13.7. The van der Waals surface area contributed by atoms with E-state index >= 15 is 0 Å². The monoisotopic (exact) mass is 489 g/mol. The van der Waals surface area contributed by atoms with Crippen molar-refractivity contribution in [1.29, 1.82) is 0 Å². The smallest absolute Gasteiger partial charge is 0.245 e. The molecule has 0 unspecified atom stereocenters. The Morgan fingerprint density at radius 3 is 2.20 bits per heavy atom. The van der Waals surface area contributed by atoms with E-state index in [1.165, 1.54) is 0 Å². The minimum atomic E-state index is -0.879. The third-order valence-corrected chi connectivity index (χ3v) is 8.57. The van der Waals surface area contributed by atoms with Gasteiger partial charge in [0.05, 0.1) is 6.54 Å². The van der Waals surface area contributed by atoms with E-state index in [1.54, 1.807) is 18.7 Å². The standard InChI is InChI=1S/C26H43N5O4/c1-26(2)25(35)27-12-18-31(26)23(33)9-8-22(32)30-15-4-3-7-21(30)20-10-16-28(17-11-20)19-24(34)29-13-5-6-14-29/h20-21H,3-19H2,1-2H3,(H,27,35)/t21-/m0/s1. The van der Waals surface area contributed by atoms with Crippen molar-refractivity contribution in [2.75, 3.05) is 52.4 Å². The molecule has 196 valence electrons. The topological polar surface area (TPSA) is 93.3 Å². The van der Waals surface area contributed by atoms with E-state index in [-0.39, 0.29) is 42.5 Å². The molecule has 0 aromatic carbocycles. The highest BCUT2D eigenvalue weighted by Crippen LogP contribution is 2.31. The molecule has 4 rings (SSSR count). The minimum absolute atomic E-state index is 0.0638. The van der Waals surface area contributed by atoms with Crippen LogP contribution in [0.1, 0.15) is 71.6 Å². The maximum Gasteiger partial charge on any atom is 0.245 e. The molecule has 4 heterocycles. The van der Waals surface area contributed by atoms with Crippen LogP contribution in [0.3, 0.4) is 0 Å². The van der Waals surface area contributed by atoms with Crippen LogP contribution in [-0.2, 0) is 19.2 Å². The summed E-state index contributed by atoms with van der Waals surface area (Å²) in [6.45, 7) is 9.37. The number of nitrogens with zero attached hydrogens (tertiary/aromatic N) is 4. The van der Waals surface area contributed by atoms with Crippen LogP contribution in [0.2, 0.25) is 0 Å². The van der Waals surface area contributed by atoms with E-state index < -0.39 is 5.54 Å². The summed E-state index contributed by atoms with van der Waals surface area (Å²) in [5.41, 5.74) is -0.879. The van der Waals surface area contributed by atoms with Gasteiger partial charge in [0, 0.05) is 51.6 Å². The van der Waals surface area contributed by atoms with Gasteiger partial charge in [-0.05, 0) is 77.8 Å². The summed E-state index contributed by atoms with van der Waals surface area (Å²) in [6.07, 6.45) is 7.79. The zero-order chi connectivity index (χ0) is 25.0. The molecule has 9 nitrogen and oxygen atoms in total. The van der Waals surface area contributed by atoms with Gasteiger partial charge in [0.15, 0.2) is 0 Å². The van der Waals surface area contributed by atoms with E-state index in [2.05, 4.69) is 10.2 Å². The molecule has 0 aliphatic carbocycles. The molecule has 0 spiro atoms. The molecule has 1 atom stereocenters. The van der Waals surface area contributed by atoms with Gasteiger partial charge in [0.1, 0.15) is 5.54 Å². The predicted octanol–water partition coefficient (Wildman–Crippen LogP) is 1.22. The lowest BCUT2D eigenvalue weighted by atomic mass is 9.83. The molecule has 4 aliphatic rings. The highest BCUT2D eigenvalue weighted by molar-refractivity contribution is 5.93. The molecule has 0 aromatic rings. The van der Waals surface area contributed by atoms with E-state index in [0.29, 0.717) is 25.6 Å². The van der Waals surface area contributed by atoms with Gasteiger partial charge in [-0.2, -0.15) is 0 Å². The molecule has 35 heavy (non-hydrogen) atoms. The number of piperidine rings is 2. The van der Waals surface area contributed by atoms with Crippen molar-refractivity contribution in [1.82, 2.24) is 24.9 Å². The Morgan fingerprint density at radius 1 is 0.829 bits per heavy atom. The lowest BCUT2D eigenvalue weighted by Gasteiger charge is -2.44. The zero-order valence-corrected chi connectivity index (χ0v) is 21.6. The Morgan fingerprint density at radius 2 is 1.49 bits per heavy atom. The summed E-state index contributed by atoms with van der Waals surface area (Å²) in [5, 5.41) is 2.81. The quantitative estimate of drug-likeness (QED) is 0.606. The number of rotatable bonds is 6. The molecule has 1 N–H and O–H groups in total. The molecule has 0 radical (unpaired) electrons. The molecule has 0 bridgehead atoms. The van der Waals surface area contributed by atoms with Crippen LogP contribution in [0.25, 0.3) is 0 Å². The minimum Gasteiger partial charge on any atom is -0.352 e. The molecular weight excluding hydrogens is 446 g/mol. The normalized spacial score (nSPS) is 26.1. The third-order valence-electron chi connectivity index (χ3n) is 8.57. The molecule has 4 aliphatic heterocycles. The summed E-state index contributed by atoms with van der Waals surface area (Å²) in [5.74, 6) is 0.511. The third kappa shape index (κ3) is 5.98. The van der Waals surface area contributed by atoms with E-state index in [4.69, 9.17) is 0 Å². The molecule has 9 heteroatoms. The van der Waals surface area contributed by atoms with Gasteiger partial charge >= 0.3 is 0 Å². The number of carbonyl (C=O) groups is 4. The highest BCUT2D eigenvalue weighted by Gasteiger charge is 2.41. The van der Waals surface area contributed by atoms with Crippen LogP contribution in [0.4, 0.5) is 0 Å². The summed E-state index contributed by atoms with van der Waals surface area (Å²) in [4.78, 5) is 58.7. The van der Waals surface area contributed by atoms with Crippen molar-refractivity contribution in [2.24, 2.45) is 5.92 Å². The Balaban J connectivity index is 1.26. The fourth-order valence-electron chi connectivity index (χ4n) is 6.34. The lowest BCUT2D eigenvalue weighted by molar-refractivity contribution is -0.150. The largest absolute Gasteiger partial charge is 0.352 e. The van der Waals surface area contributed by atoms with Crippen LogP contribution in [0, 0.1) is 5.92 Å². The average molecular weight is 490 g/mol. The second-order valence-electron chi connectivity index (χ2n) is 11.2. The van der Waals surface area contributed by atoms with Gasteiger partial charge in [0.25, 0.3) is 0 Å². The summed E-state index contributed by atoms with van der Waals surface area (Å²) >= 11 is 0. The van der Waals surface area contributed by atoms with Crippen molar-refractivity contribution in [3.8, 4) is 0 Å². The molecular formula is C26H43N5O4. The molecule has 4 saturated heterocycles. The van der Waals surface area contributed by atoms with E-state index in [0.717, 1.165) is 77.7 Å². The van der Waals surface area contributed by atoms with Crippen molar-refractivity contribution in [3.63, 3.8) is 0 Å². The highest BCUT2D eigenvalue weighted by atomic mass is 16.2. The zero-order valence-electron chi connectivity index (χ0n) is 21.6. The lowest BCUT2D eigenvalue weighted by Crippen LogP contribution is -2.63. The molecule has 4 amide bonds. The first-order chi connectivity index (χ1) is 16.8. The molecule has 0 saturated carbocycles. The number of nitrogens with one attached hydrogen (secondary N) is 1. The summed E-state index contributed by atoms with van der Waals surface area (Å²) in [7, 11) is 0. The molecule has 0 aromatic heterocycles. The van der Waals surface area contributed by atoms with Crippen LogP contribution in [0.15, 0.2) is 0 Å². The van der Waals surface area contributed by atoms with Crippen LogP contribution < -0.4 is 5.32 Å². The summed E-state index contributed by atoms with van der Waals surface area (Å²) < 4.78 is 0. The van der Waals surface area contributed by atoms with Gasteiger partial charge < -0.3 is 20.0 Å². The number of likely N-dealkylation sites (tertiary alicyclic amines) is 3. The van der Waals surface area contributed by atoms with Gasteiger partial charge in [-0.3, -0.25) is 24.1 Å². The van der Waals surface area contributed by atoms with Crippen molar-refractivity contribution < 1.29 is 19.2 Å². The Bertz CT molecular complexity index is 802. The average Bonchev–Trinajstić information content (AvgIpc) is 3.40. The number of piperazine rings is 1. The number of hydrogen-bond donors (Lipinski definition) is 1. The van der Waals surface area contributed by atoms with Crippen molar-refractivity contribution >= 4 is 23.6 Å². The van der Waals surface area contributed by atoms with Crippen LogP contribution >= 0.6 is 0 Å². The van der Waals surface area contributed by atoms with E-state index in [1.807, 2.05) is 9.80 Å². The van der Waals surface area contributed by atoms with Crippen LogP contribution in [0.5, 0.6) is 0 Å². The van der Waals surface area contributed by atoms with Gasteiger partial charge in [-0.25, -0.2) is 0 Å². The van der Waals surface area contributed by atoms with Gasteiger partial charge in [-0.1, -0.05) is 0 Å². The van der Waals surface area contributed by atoms with E-state index in [9.17, 15) is 19.2 Å². The fourth-order valence-corrected chi connectivity index (χ4v) is 6.34. The first-order valence-corrected chi connectivity index (χ1v) is 13.7. The first kappa shape index (κ1) is 25.9. The summed E-state index contributed by atoms with van der Waals surface area (Å²) in [6, 6.07) is 0.236. The number of amides is 4. The maximum atomic E-state index is 13.2. The Labute approximate surface area is 209 Å². The fraction of sp³-hybridized carbons (Fsp3) is 0.846. The SMILES string of the molecule is CC1(C)C(=O)NCCN1C(=O)CCC(=O)N1CCCC[C@H]1C1CCN(CC(=O)N2CCCC2)CC1. The maximum absolute atomic E-state index is 13.2. The number of carbonyl (C=O) groups excluding carboxylic acids is 4. The van der Waals surface area contributed by atoms with Crippen molar-refractivity contribution in [2.45, 2.75) is 83.2 Å². The molecule has 4 fully saturated rings. The Kier molecular flexibility index (Phi) is 8.34. The van der Waals surface area contributed by atoms with Crippen molar-refractivity contribution in [3.05, 3.63) is 0 Å². The second kappa shape index (κ2) is 11.3. The van der Waals surface area contributed by atoms with Gasteiger partial charge in [0.2, 0.25) is 23.6 Å².